The van der Waals surface area contributed by atoms with Crippen LogP contribution in [0.25, 0.3) is 22.3 Å². The lowest BCUT2D eigenvalue weighted by Gasteiger charge is -2.32. The maximum atomic E-state index is 13.8. The highest BCUT2D eigenvalue weighted by molar-refractivity contribution is 5.85. The van der Waals surface area contributed by atoms with Crippen molar-refractivity contribution in [1.82, 2.24) is 4.90 Å². The van der Waals surface area contributed by atoms with E-state index in [4.69, 9.17) is 4.74 Å². The van der Waals surface area contributed by atoms with Crippen molar-refractivity contribution in [3.8, 4) is 28.3 Å². The van der Waals surface area contributed by atoms with Gasteiger partial charge in [-0.05, 0) is 58.9 Å². The number of nitriles is 1. The van der Waals surface area contributed by atoms with Gasteiger partial charge in [0.2, 0.25) is 5.91 Å². The normalized spacial score (nSPS) is 11.6. The van der Waals surface area contributed by atoms with Gasteiger partial charge < -0.3 is 9.64 Å². The number of nitrogens with zero attached hydrogens (tertiary/aromatic N) is 2. The molecule has 0 saturated heterocycles. The highest BCUT2D eigenvalue weighted by Crippen LogP contribution is 2.31. The summed E-state index contributed by atoms with van der Waals surface area (Å²) in [6.45, 7) is 6.00. The van der Waals surface area contributed by atoms with E-state index in [1.165, 1.54) is 19.2 Å². The monoisotopic (exact) mass is 518 g/mol. The van der Waals surface area contributed by atoms with Crippen LogP contribution in [0.4, 0.5) is 8.78 Å². The maximum Gasteiger partial charge on any atom is 0.328 e. The molecule has 0 radical (unpaired) electrons. The van der Waals surface area contributed by atoms with E-state index in [0.717, 1.165) is 30.0 Å². The number of hydrogen-bond donors (Lipinski definition) is 0. The molecular formula is C31H32F2N2O3. The number of unbranched alkanes of at least 4 members (excludes halogenated alkanes) is 1. The molecule has 0 heterocycles. The number of methoxy groups -OCH3 is 1. The van der Waals surface area contributed by atoms with E-state index in [2.05, 4.69) is 6.07 Å². The Morgan fingerprint density at radius 1 is 0.947 bits per heavy atom. The molecule has 3 rings (SSSR count). The molecule has 1 unspecified atom stereocenters. The second kappa shape index (κ2) is 13.0. The number of ether oxygens (including phenoxy) is 1. The number of halogens is 2. The molecule has 0 bridgehead atoms. The van der Waals surface area contributed by atoms with Crippen molar-refractivity contribution < 1.29 is 23.1 Å². The molecule has 0 fully saturated rings. The molecule has 198 valence electrons. The average molecular weight is 519 g/mol. The molecule has 0 aliphatic rings. The molecule has 0 aliphatic carbocycles. The lowest BCUT2D eigenvalue weighted by Crippen LogP contribution is -2.48. The zero-order valence-corrected chi connectivity index (χ0v) is 22.1. The molecule has 7 heteroatoms. The van der Waals surface area contributed by atoms with Crippen molar-refractivity contribution in [2.75, 3.05) is 7.11 Å². The third-order valence-electron chi connectivity index (χ3n) is 6.43. The van der Waals surface area contributed by atoms with Crippen molar-refractivity contribution in [1.29, 1.82) is 5.26 Å². The number of amides is 1. The summed E-state index contributed by atoms with van der Waals surface area (Å²) in [6, 6.07) is 17.1. The number of esters is 1. The van der Waals surface area contributed by atoms with Gasteiger partial charge in [-0.3, -0.25) is 4.79 Å². The number of carbonyl (C=O) groups excluding carboxylic acids is 2. The lowest BCUT2D eigenvalue weighted by molar-refractivity contribution is -0.155. The fourth-order valence-corrected chi connectivity index (χ4v) is 4.46. The van der Waals surface area contributed by atoms with Gasteiger partial charge in [0.1, 0.15) is 17.7 Å². The van der Waals surface area contributed by atoms with E-state index in [1.807, 2.05) is 45.0 Å². The predicted molar refractivity (Wildman–Crippen MR) is 143 cm³/mol. The third kappa shape index (κ3) is 6.83. The zero-order chi connectivity index (χ0) is 27.8. The topological polar surface area (TPSA) is 70.4 Å². The van der Waals surface area contributed by atoms with Crippen LogP contribution in [0.1, 0.15) is 51.2 Å². The van der Waals surface area contributed by atoms with Crippen LogP contribution >= 0.6 is 0 Å². The van der Waals surface area contributed by atoms with Crippen LogP contribution in [0.2, 0.25) is 0 Å². The molecule has 0 spiro atoms. The van der Waals surface area contributed by atoms with E-state index in [9.17, 15) is 23.6 Å². The van der Waals surface area contributed by atoms with E-state index < -0.39 is 23.6 Å². The van der Waals surface area contributed by atoms with Gasteiger partial charge >= 0.3 is 5.97 Å². The minimum atomic E-state index is -0.711. The molecule has 0 aromatic heterocycles. The zero-order valence-electron chi connectivity index (χ0n) is 22.1. The molecule has 0 aliphatic heterocycles. The highest BCUT2D eigenvalue weighted by Gasteiger charge is 2.33. The summed E-state index contributed by atoms with van der Waals surface area (Å²) in [5.74, 6) is -2.06. The van der Waals surface area contributed by atoms with E-state index >= 15 is 0 Å². The van der Waals surface area contributed by atoms with Gasteiger partial charge in [-0.15, -0.1) is 0 Å². The quantitative estimate of drug-likeness (QED) is 0.274. The van der Waals surface area contributed by atoms with Crippen LogP contribution in [0.15, 0.2) is 60.7 Å². The molecule has 1 amide bonds. The van der Waals surface area contributed by atoms with Crippen molar-refractivity contribution in [3.63, 3.8) is 0 Å². The molecule has 5 nitrogen and oxygen atoms in total. The Labute approximate surface area is 222 Å². The summed E-state index contributed by atoms with van der Waals surface area (Å²) in [7, 11) is 1.32. The number of rotatable bonds is 10. The van der Waals surface area contributed by atoms with E-state index in [1.54, 1.807) is 23.1 Å². The van der Waals surface area contributed by atoms with Gasteiger partial charge in [0.15, 0.2) is 0 Å². The van der Waals surface area contributed by atoms with Crippen LogP contribution < -0.4 is 0 Å². The number of hydrogen-bond acceptors (Lipinski definition) is 4. The Hall–Kier alpha value is -4.05. The largest absolute Gasteiger partial charge is 0.467 e. The first-order valence-corrected chi connectivity index (χ1v) is 12.7. The number of carbonyl (C=O) groups is 2. The van der Waals surface area contributed by atoms with Gasteiger partial charge in [0.05, 0.1) is 18.7 Å². The summed E-state index contributed by atoms with van der Waals surface area (Å²) in [5, 5.41) is 9.67. The molecule has 0 saturated carbocycles. The SMILES string of the molecule is CCCCC(=O)N(Cc1ccc(-c2cc(-c3cc(F)cc(F)c3)ccc2C#N)cc1)C(C(=O)OC)C(C)C. The highest BCUT2D eigenvalue weighted by atomic mass is 19.1. The van der Waals surface area contributed by atoms with Gasteiger partial charge in [0.25, 0.3) is 0 Å². The van der Waals surface area contributed by atoms with Crippen LogP contribution in [0.3, 0.4) is 0 Å². The van der Waals surface area contributed by atoms with Gasteiger partial charge in [-0.2, -0.15) is 5.26 Å². The second-order valence-corrected chi connectivity index (χ2v) is 9.56. The summed E-state index contributed by atoms with van der Waals surface area (Å²) in [5.41, 5.74) is 3.53. The first-order chi connectivity index (χ1) is 18.2. The van der Waals surface area contributed by atoms with Gasteiger partial charge in [-0.25, -0.2) is 13.6 Å². The van der Waals surface area contributed by atoms with Crippen molar-refractivity contribution in [3.05, 3.63) is 83.4 Å². The molecule has 3 aromatic carbocycles. The second-order valence-electron chi connectivity index (χ2n) is 9.56. The summed E-state index contributed by atoms with van der Waals surface area (Å²) in [6.07, 6.45) is 1.93. The molecular weight excluding hydrogens is 486 g/mol. The predicted octanol–water partition coefficient (Wildman–Crippen LogP) is 6.89. The number of benzene rings is 3. The van der Waals surface area contributed by atoms with E-state index in [-0.39, 0.29) is 18.4 Å². The Kier molecular flexibility index (Phi) is 9.72. The standard InChI is InChI=1S/C31H32F2N2O3/c1-5-6-7-29(36)35(30(20(2)3)31(37)38-4)19-21-8-10-22(11-9-21)28-16-23(12-13-24(28)18-34)25-14-26(32)17-27(33)15-25/h8-17,20,30H,5-7,19H2,1-4H3. The van der Waals surface area contributed by atoms with Crippen molar-refractivity contribution >= 4 is 11.9 Å². The average Bonchev–Trinajstić information content (AvgIpc) is 2.90. The minimum Gasteiger partial charge on any atom is -0.467 e. The fourth-order valence-electron chi connectivity index (χ4n) is 4.46. The lowest BCUT2D eigenvalue weighted by atomic mass is 9.94. The van der Waals surface area contributed by atoms with Crippen molar-refractivity contribution in [2.45, 2.75) is 52.6 Å². The smallest absolute Gasteiger partial charge is 0.328 e. The molecule has 1 atom stereocenters. The van der Waals surface area contributed by atoms with Crippen molar-refractivity contribution in [2.24, 2.45) is 5.92 Å². The Bertz CT molecular complexity index is 1310. The Morgan fingerprint density at radius 2 is 1.58 bits per heavy atom. The Morgan fingerprint density at radius 3 is 2.13 bits per heavy atom. The Balaban J connectivity index is 1.95. The molecule has 38 heavy (non-hydrogen) atoms. The van der Waals surface area contributed by atoms with Gasteiger partial charge in [0, 0.05) is 24.6 Å². The maximum absolute atomic E-state index is 13.8. The van der Waals surface area contributed by atoms with Crippen LogP contribution in [-0.2, 0) is 20.9 Å². The van der Waals surface area contributed by atoms with E-state index in [0.29, 0.717) is 28.7 Å². The molecule has 0 N–H and O–H groups in total. The molecule has 3 aromatic rings. The first kappa shape index (κ1) is 28.5. The van der Waals surface area contributed by atoms with Crippen LogP contribution in [0, 0.1) is 28.9 Å². The van der Waals surface area contributed by atoms with Gasteiger partial charge in [-0.1, -0.05) is 57.5 Å². The minimum absolute atomic E-state index is 0.109. The summed E-state index contributed by atoms with van der Waals surface area (Å²) < 4.78 is 32.6. The van der Waals surface area contributed by atoms with Crippen LogP contribution in [-0.4, -0.2) is 29.9 Å². The first-order valence-electron chi connectivity index (χ1n) is 12.7. The fraction of sp³-hybridized carbons (Fsp3) is 0.323. The summed E-state index contributed by atoms with van der Waals surface area (Å²) in [4.78, 5) is 27.2. The third-order valence-corrected chi connectivity index (χ3v) is 6.43. The van der Waals surface area contributed by atoms with Crippen LogP contribution in [0.5, 0.6) is 0 Å². The summed E-state index contributed by atoms with van der Waals surface area (Å²) >= 11 is 0.